The fourth-order valence-electron chi connectivity index (χ4n) is 2.09. The van der Waals surface area contributed by atoms with Gasteiger partial charge in [0.25, 0.3) is 0 Å². The van der Waals surface area contributed by atoms with E-state index < -0.39 is 0 Å². The molecular formula is C17H17N5. The van der Waals surface area contributed by atoms with Crippen molar-refractivity contribution in [3.8, 4) is 0 Å². The van der Waals surface area contributed by atoms with Crippen LogP contribution in [0.5, 0.6) is 0 Å². The molecule has 5 heteroatoms. The summed E-state index contributed by atoms with van der Waals surface area (Å²) in [5.74, 6) is 1.11. The molecule has 2 aromatic carbocycles. The molecule has 3 rings (SSSR count). The Bertz CT molecular complexity index is 771. The van der Waals surface area contributed by atoms with Gasteiger partial charge < -0.3 is 10.6 Å². The lowest BCUT2D eigenvalue weighted by molar-refractivity contribution is 0.981. The number of nitrogens with one attached hydrogen (secondary N) is 2. The van der Waals surface area contributed by atoms with E-state index in [0.717, 1.165) is 11.4 Å². The van der Waals surface area contributed by atoms with Crippen molar-refractivity contribution < 1.29 is 0 Å². The standard InChI is InChI=1S/C17H17N5/c1-12-7-6-10-15(13(12)2)20-17-21-16(11-18-22-17)19-14-8-4-3-5-9-14/h3-11H,1-2H3,(H2,19,20,21,22). The Balaban J connectivity index is 1.81. The monoisotopic (exact) mass is 291 g/mol. The van der Waals surface area contributed by atoms with Crippen molar-refractivity contribution in [2.45, 2.75) is 13.8 Å². The van der Waals surface area contributed by atoms with Crippen molar-refractivity contribution >= 4 is 23.1 Å². The van der Waals surface area contributed by atoms with E-state index in [0.29, 0.717) is 11.8 Å². The minimum atomic E-state index is 0.467. The minimum absolute atomic E-state index is 0.467. The van der Waals surface area contributed by atoms with Crippen molar-refractivity contribution in [2.24, 2.45) is 0 Å². The highest BCUT2D eigenvalue weighted by Gasteiger charge is 2.05. The number of rotatable bonds is 4. The zero-order valence-electron chi connectivity index (χ0n) is 12.5. The maximum Gasteiger partial charge on any atom is 0.249 e. The number of anilines is 4. The number of nitrogens with zero attached hydrogens (tertiary/aromatic N) is 3. The molecule has 0 saturated carbocycles. The zero-order chi connectivity index (χ0) is 15.4. The van der Waals surface area contributed by atoms with E-state index in [1.807, 2.05) is 42.5 Å². The second-order valence-corrected chi connectivity index (χ2v) is 5.03. The van der Waals surface area contributed by atoms with Gasteiger partial charge in [0.05, 0.1) is 6.20 Å². The van der Waals surface area contributed by atoms with Crippen molar-refractivity contribution in [1.82, 2.24) is 15.2 Å². The third kappa shape index (κ3) is 3.20. The fraction of sp³-hybridized carbons (Fsp3) is 0.118. The molecule has 0 aliphatic carbocycles. The molecule has 0 amide bonds. The Labute approximate surface area is 129 Å². The van der Waals surface area contributed by atoms with Gasteiger partial charge in [0.15, 0.2) is 5.82 Å². The Morgan fingerprint density at radius 2 is 1.68 bits per heavy atom. The summed E-state index contributed by atoms with van der Waals surface area (Å²) in [6, 6.07) is 15.9. The van der Waals surface area contributed by atoms with E-state index in [-0.39, 0.29) is 0 Å². The van der Waals surface area contributed by atoms with Gasteiger partial charge in [-0.1, -0.05) is 30.3 Å². The van der Waals surface area contributed by atoms with E-state index in [1.54, 1.807) is 6.20 Å². The van der Waals surface area contributed by atoms with E-state index in [2.05, 4.69) is 45.7 Å². The van der Waals surface area contributed by atoms with Crippen LogP contribution < -0.4 is 10.6 Å². The molecule has 0 aliphatic rings. The quantitative estimate of drug-likeness (QED) is 0.761. The molecule has 0 atom stereocenters. The number of aromatic nitrogens is 3. The average Bonchev–Trinajstić information content (AvgIpc) is 2.53. The molecule has 110 valence electrons. The van der Waals surface area contributed by atoms with Crippen LogP contribution in [-0.4, -0.2) is 15.2 Å². The number of aryl methyl sites for hydroxylation is 1. The average molecular weight is 291 g/mol. The van der Waals surface area contributed by atoms with Crippen molar-refractivity contribution in [1.29, 1.82) is 0 Å². The largest absolute Gasteiger partial charge is 0.339 e. The lowest BCUT2D eigenvalue weighted by Gasteiger charge is -2.10. The van der Waals surface area contributed by atoms with Gasteiger partial charge in [-0.3, -0.25) is 0 Å². The molecule has 0 aliphatic heterocycles. The van der Waals surface area contributed by atoms with E-state index in [9.17, 15) is 0 Å². The van der Waals surface area contributed by atoms with Crippen LogP contribution in [-0.2, 0) is 0 Å². The third-order valence-electron chi connectivity index (χ3n) is 3.46. The topological polar surface area (TPSA) is 62.7 Å². The van der Waals surface area contributed by atoms with Gasteiger partial charge >= 0.3 is 0 Å². The van der Waals surface area contributed by atoms with Gasteiger partial charge in [-0.2, -0.15) is 10.1 Å². The van der Waals surface area contributed by atoms with Crippen LogP contribution in [0.2, 0.25) is 0 Å². The third-order valence-corrected chi connectivity index (χ3v) is 3.46. The van der Waals surface area contributed by atoms with E-state index in [4.69, 9.17) is 0 Å². The molecule has 5 nitrogen and oxygen atoms in total. The molecule has 1 aromatic heterocycles. The molecule has 1 heterocycles. The lowest BCUT2D eigenvalue weighted by Crippen LogP contribution is -2.03. The maximum absolute atomic E-state index is 4.44. The second kappa shape index (κ2) is 6.22. The van der Waals surface area contributed by atoms with Crippen molar-refractivity contribution in [3.63, 3.8) is 0 Å². The van der Waals surface area contributed by atoms with E-state index >= 15 is 0 Å². The predicted molar refractivity (Wildman–Crippen MR) is 88.8 cm³/mol. The number of hydrogen-bond acceptors (Lipinski definition) is 5. The first-order chi connectivity index (χ1) is 10.7. The smallest absolute Gasteiger partial charge is 0.249 e. The molecule has 3 aromatic rings. The summed E-state index contributed by atoms with van der Waals surface area (Å²) in [5, 5.41) is 14.4. The molecule has 2 N–H and O–H groups in total. The second-order valence-electron chi connectivity index (χ2n) is 5.03. The van der Waals surface area contributed by atoms with Crippen LogP contribution in [0, 0.1) is 13.8 Å². The highest BCUT2D eigenvalue weighted by molar-refractivity contribution is 5.61. The van der Waals surface area contributed by atoms with Crippen LogP contribution >= 0.6 is 0 Å². The Morgan fingerprint density at radius 3 is 2.50 bits per heavy atom. The molecular weight excluding hydrogens is 274 g/mol. The fourth-order valence-corrected chi connectivity index (χ4v) is 2.09. The minimum Gasteiger partial charge on any atom is -0.339 e. The lowest BCUT2D eigenvalue weighted by atomic mass is 10.1. The SMILES string of the molecule is Cc1cccc(Nc2nncc(Nc3ccccc3)n2)c1C. The zero-order valence-corrected chi connectivity index (χ0v) is 12.5. The van der Waals surface area contributed by atoms with Gasteiger partial charge in [-0.05, 0) is 43.2 Å². The highest BCUT2D eigenvalue weighted by Crippen LogP contribution is 2.21. The first-order valence-corrected chi connectivity index (χ1v) is 7.07. The molecule has 0 saturated heterocycles. The van der Waals surface area contributed by atoms with Crippen LogP contribution in [0.4, 0.5) is 23.1 Å². The normalized spacial score (nSPS) is 10.3. The van der Waals surface area contributed by atoms with Gasteiger partial charge in [-0.25, -0.2) is 0 Å². The summed E-state index contributed by atoms with van der Waals surface area (Å²) < 4.78 is 0. The molecule has 0 spiro atoms. The van der Waals surface area contributed by atoms with Crippen molar-refractivity contribution in [3.05, 3.63) is 65.9 Å². The van der Waals surface area contributed by atoms with Crippen LogP contribution in [0.3, 0.4) is 0 Å². The van der Waals surface area contributed by atoms with Crippen LogP contribution in [0.25, 0.3) is 0 Å². The molecule has 0 unspecified atom stereocenters. The van der Waals surface area contributed by atoms with Gasteiger partial charge in [-0.15, -0.1) is 5.10 Å². The maximum atomic E-state index is 4.44. The van der Waals surface area contributed by atoms with Crippen LogP contribution in [0.15, 0.2) is 54.7 Å². The number of benzene rings is 2. The number of hydrogen-bond donors (Lipinski definition) is 2. The van der Waals surface area contributed by atoms with Gasteiger partial charge in [0, 0.05) is 11.4 Å². The Morgan fingerprint density at radius 1 is 0.864 bits per heavy atom. The summed E-state index contributed by atoms with van der Waals surface area (Å²) in [4.78, 5) is 4.44. The summed E-state index contributed by atoms with van der Waals surface area (Å²) in [5.41, 5.74) is 4.34. The van der Waals surface area contributed by atoms with Gasteiger partial charge in [0.1, 0.15) is 0 Å². The predicted octanol–water partition coefficient (Wildman–Crippen LogP) is 3.98. The summed E-state index contributed by atoms with van der Waals surface area (Å²) in [7, 11) is 0. The van der Waals surface area contributed by atoms with E-state index in [1.165, 1.54) is 11.1 Å². The highest BCUT2D eigenvalue weighted by atomic mass is 15.3. The molecule has 0 radical (unpaired) electrons. The first-order valence-electron chi connectivity index (χ1n) is 7.07. The number of para-hydroxylation sites is 1. The summed E-state index contributed by atoms with van der Waals surface area (Å²) >= 11 is 0. The Kier molecular flexibility index (Phi) is 3.96. The molecule has 22 heavy (non-hydrogen) atoms. The Hall–Kier alpha value is -2.95. The first kappa shape index (κ1) is 14.0. The summed E-state index contributed by atoms with van der Waals surface area (Å²) in [6.45, 7) is 4.14. The molecule has 0 fully saturated rings. The summed E-state index contributed by atoms with van der Waals surface area (Å²) in [6.07, 6.45) is 1.60. The van der Waals surface area contributed by atoms with Crippen molar-refractivity contribution in [2.75, 3.05) is 10.6 Å². The molecule has 0 bridgehead atoms. The van der Waals surface area contributed by atoms with Gasteiger partial charge in [0.2, 0.25) is 5.95 Å². The van der Waals surface area contributed by atoms with Crippen LogP contribution in [0.1, 0.15) is 11.1 Å².